The number of nitrogens with one attached hydrogen (secondary N) is 1. The first-order chi connectivity index (χ1) is 18.9. The number of allylic oxidation sites excluding steroid dienone is 2. The number of rotatable bonds is 7. The third-order valence-electron chi connectivity index (χ3n) is 8.04. The zero-order valence-corrected chi connectivity index (χ0v) is 23.9. The number of ether oxygens (including phenoxy) is 2. The second-order valence-corrected chi connectivity index (χ2v) is 11.2. The minimum atomic E-state index is -0.887. The first-order valence-electron chi connectivity index (χ1n) is 13.5. The summed E-state index contributed by atoms with van der Waals surface area (Å²) in [5.74, 6) is -2.07. The van der Waals surface area contributed by atoms with Gasteiger partial charge >= 0.3 is 11.9 Å². The van der Waals surface area contributed by atoms with Gasteiger partial charge in [0.05, 0.1) is 29.1 Å². The Labute approximate surface area is 235 Å². The Morgan fingerprint density at radius 2 is 1.70 bits per heavy atom. The van der Waals surface area contributed by atoms with Gasteiger partial charge in [0.2, 0.25) is 0 Å². The maximum absolute atomic E-state index is 13.9. The topological polar surface area (TPSA) is 111 Å². The third kappa shape index (κ3) is 5.79. The van der Waals surface area contributed by atoms with Crippen molar-refractivity contribution in [1.82, 2.24) is 10.2 Å². The van der Waals surface area contributed by atoms with Gasteiger partial charge in [-0.3, -0.25) is 15.0 Å². The summed E-state index contributed by atoms with van der Waals surface area (Å²) in [6.45, 7) is 11.3. The number of benzene rings is 2. The van der Waals surface area contributed by atoms with Crippen LogP contribution < -0.4 is 5.32 Å². The van der Waals surface area contributed by atoms with E-state index in [1.807, 2.05) is 18.2 Å². The molecule has 2 aromatic carbocycles. The average molecular weight is 548 g/mol. The summed E-state index contributed by atoms with van der Waals surface area (Å²) < 4.78 is 11.3. The maximum atomic E-state index is 13.9. The lowest BCUT2D eigenvalue weighted by molar-refractivity contribution is -0.384. The first-order valence-corrected chi connectivity index (χ1v) is 13.5. The van der Waals surface area contributed by atoms with Crippen molar-refractivity contribution in [3.63, 3.8) is 0 Å². The molecule has 1 saturated heterocycles. The van der Waals surface area contributed by atoms with Gasteiger partial charge in [0.15, 0.2) is 0 Å². The molecule has 0 aromatic heterocycles. The fraction of sp³-hybridized carbons (Fsp3) is 0.419. The predicted octanol–water partition coefficient (Wildman–Crippen LogP) is 5.41. The number of hydrogen-bond acceptors (Lipinski definition) is 8. The smallest absolute Gasteiger partial charge is 0.337 e. The summed E-state index contributed by atoms with van der Waals surface area (Å²) in [4.78, 5) is 40.3. The van der Waals surface area contributed by atoms with Crippen molar-refractivity contribution in [1.29, 1.82) is 0 Å². The van der Waals surface area contributed by atoms with Crippen LogP contribution in [0, 0.1) is 15.5 Å². The number of carbonyl (C=O) groups is 2. The zero-order chi connectivity index (χ0) is 29.2. The van der Waals surface area contributed by atoms with Gasteiger partial charge in [0, 0.05) is 48.1 Å². The van der Waals surface area contributed by atoms with Gasteiger partial charge in [-0.2, -0.15) is 0 Å². The molecule has 2 aliphatic rings. The lowest BCUT2D eigenvalue weighted by Gasteiger charge is -2.46. The van der Waals surface area contributed by atoms with E-state index in [1.165, 1.54) is 24.8 Å². The average Bonchev–Trinajstić information content (AvgIpc) is 2.93. The number of dihydropyridines is 1. The summed E-state index contributed by atoms with van der Waals surface area (Å²) in [6, 6.07) is 16.5. The number of likely N-dealkylation sites (tertiary alicyclic amines) is 1. The second kappa shape index (κ2) is 11.6. The number of esters is 2. The minimum Gasteiger partial charge on any atom is -0.466 e. The molecule has 212 valence electrons. The highest BCUT2D eigenvalue weighted by Gasteiger charge is 2.43. The van der Waals surface area contributed by atoms with Crippen LogP contribution >= 0.6 is 0 Å². The Morgan fingerprint density at radius 1 is 1.05 bits per heavy atom. The van der Waals surface area contributed by atoms with E-state index < -0.39 is 22.8 Å². The van der Waals surface area contributed by atoms with E-state index >= 15 is 0 Å². The Hall–Kier alpha value is -3.98. The van der Waals surface area contributed by atoms with Crippen LogP contribution in [0.4, 0.5) is 5.69 Å². The van der Waals surface area contributed by atoms with Crippen LogP contribution in [0.1, 0.15) is 64.1 Å². The van der Waals surface area contributed by atoms with Crippen molar-refractivity contribution in [2.75, 3.05) is 20.2 Å². The molecule has 0 amide bonds. The van der Waals surface area contributed by atoms with E-state index in [1.54, 1.807) is 26.0 Å². The molecular weight excluding hydrogens is 510 g/mol. The van der Waals surface area contributed by atoms with Gasteiger partial charge in [-0.1, -0.05) is 56.3 Å². The molecule has 1 fully saturated rings. The molecule has 3 atom stereocenters. The molecular formula is C31H37N3O6. The molecule has 0 aliphatic carbocycles. The van der Waals surface area contributed by atoms with E-state index in [-0.39, 0.29) is 34.4 Å². The number of nitro groups is 1. The van der Waals surface area contributed by atoms with Gasteiger partial charge in [-0.05, 0) is 38.3 Å². The molecule has 0 bridgehead atoms. The van der Waals surface area contributed by atoms with Crippen molar-refractivity contribution in [3.8, 4) is 0 Å². The fourth-order valence-corrected chi connectivity index (χ4v) is 5.86. The van der Waals surface area contributed by atoms with Crippen molar-refractivity contribution < 1.29 is 24.0 Å². The molecule has 3 unspecified atom stereocenters. The standard InChI is InChI=1S/C31H37N3O6/c1-19-26(29(35)39-6)28(23-13-10-14-24(17-23)34(37)38)27(20(2)32-19)30(36)40-25-15-16-33(18-31(25,4)5)21(3)22-11-8-7-9-12-22/h7-14,17,21,25,28,32H,15-16,18H2,1-6H3. The monoisotopic (exact) mass is 547 g/mol. The third-order valence-corrected chi connectivity index (χ3v) is 8.04. The van der Waals surface area contributed by atoms with Crippen molar-refractivity contribution >= 4 is 17.6 Å². The van der Waals surface area contributed by atoms with Crippen LogP contribution in [0.15, 0.2) is 77.1 Å². The van der Waals surface area contributed by atoms with Crippen molar-refractivity contribution in [2.24, 2.45) is 5.41 Å². The Kier molecular flexibility index (Phi) is 8.44. The van der Waals surface area contributed by atoms with E-state index in [0.29, 0.717) is 23.4 Å². The van der Waals surface area contributed by atoms with E-state index in [0.717, 1.165) is 13.1 Å². The van der Waals surface area contributed by atoms with Crippen LogP contribution in [0.3, 0.4) is 0 Å². The number of non-ortho nitro benzene ring substituents is 1. The molecule has 4 rings (SSSR count). The van der Waals surface area contributed by atoms with E-state index in [9.17, 15) is 19.7 Å². The zero-order valence-electron chi connectivity index (χ0n) is 23.9. The van der Waals surface area contributed by atoms with Crippen LogP contribution in [0.25, 0.3) is 0 Å². The van der Waals surface area contributed by atoms with Crippen LogP contribution in [-0.2, 0) is 19.1 Å². The highest BCUT2D eigenvalue weighted by Crippen LogP contribution is 2.42. The van der Waals surface area contributed by atoms with Gasteiger partial charge in [-0.15, -0.1) is 0 Å². The molecule has 0 saturated carbocycles. The number of piperidine rings is 1. The highest BCUT2D eigenvalue weighted by molar-refractivity contribution is 6.00. The number of carbonyl (C=O) groups excluding carboxylic acids is 2. The molecule has 40 heavy (non-hydrogen) atoms. The Morgan fingerprint density at radius 3 is 2.30 bits per heavy atom. The van der Waals surface area contributed by atoms with Crippen molar-refractivity contribution in [3.05, 3.63) is 98.4 Å². The summed E-state index contributed by atoms with van der Waals surface area (Å²) in [5, 5.41) is 14.7. The lowest BCUT2D eigenvalue weighted by atomic mass is 9.79. The molecule has 2 heterocycles. The number of hydrogen-bond donors (Lipinski definition) is 1. The molecule has 0 radical (unpaired) electrons. The van der Waals surface area contributed by atoms with Gasteiger partial charge in [0.25, 0.3) is 5.69 Å². The molecule has 9 heteroatoms. The van der Waals surface area contributed by atoms with Gasteiger partial charge in [-0.25, -0.2) is 9.59 Å². The minimum absolute atomic E-state index is 0.135. The molecule has 9 nitrogen and oxygen atoms in total. The lowest BCUT2D eigenvalue weighted by Crippen LogP contribution is -2.51. The fourth-order valence-electron chi connectivity index (χ4n) is 5.86. The quantitative estimate of drug-likeness (QED) is 0.278. The first kappa shape index (κ1) is 29.0. The molecule has 2 aromatic rings. The van der Waals surface area contributed by atoms with Gasteiger partial charge < -0.3 is 14.8 Å². The molecule has 2 aliphatic heterocycles. The SMILES string of the molecule is COC(=O)C1=C(C)NC(C)=C(C(=O)OC2CCN(C(C)c3ccccc3)CC2(C)C)C1c1cccc([N+](=O)[O-])c1. The largest absolute Gasteiger partial charge is 0.466 e. The summed E-state index contributed by atoms with van der Waals surface area (Å²) in [6.07, 6.45) is 0.287. The highest BCUT2D eigenvalue weighted by atomic mass is 16.6. The second-order valence-electron chi connectivity index (χ2n) is 11.2. The normalized spacial score (nSPS) is 21.9. The van der Waals surface area contributed by atoms with Crippen molar-refractivity contribution in [2.45, 2.75) is 59.1 Å². The molecule has 1 N–H and O–H groups in total. The van der Waals surface area contributed by atoms with E-state index in [4.69, 9.17) is 9.47 Å². The maximum Gasteiger partial charge on any atom is 0.337 e. The summed E-state index contributed by atoms with van der Waals surface area (Å²) in [5.41, 5.74) is 2.69. The van der Waals surface area contributed by atoms with E-state index in [2.05, 4.69) is 43.1 Å². The number of nitrogens with zero attached hydrogens (tertiary/aromatic N) is 2. The Balaban J connectivity index is 1.63. The van der Waals surface area contributed by atoms with Gasteiger partial charge in [0.1, 0.15) is 6.10 Å². The molecule has 0 spiro atoms. The summed E-state index contributed by atoms with van der Waals surface area (Å²) >= 11 is 0. The number of methoxy groups -OCH3 is 1. The van der Waals surface area contributed by atoms with Crippen LogP contribution in [0.2, 0.25) is 0 Å². The Bertz CT molecular complexity index is 1360. The summed E-state index contributed by atoms with van der Waals surface area (Å²) in [7, 11) is 1.27. The van der Waals surface area contributed by atoms with Crippen LogP contribution in [-0.4, -0.2) is 48.1 Å². The predicted molar refractivity (Wildman–Crippen MR) is 151 cm³/mol. The van der Waals surface area contributed by atoms with Crippen LogP contribution in [0.5, 0.6) is 0 Å². The number of nitro benzene ring substituents is 1.